The first-order valence-corrected chi connectivity index (χ1v) is 12.8. The van der Waals surface area contributed by atoms with E-state index in [0.29, 0.717) is 26.9 Å². The Labute approximate surface area is 226 Å². The number of benzene rings is 1. The first-order chi connectivity index (χ1) is 17.4. The van der Waals surface area contributed by atoms with E-state index in [2.05, 4.69) is 5.32 Å². The first kappa shape index (κ1) is 31.1. The summed E-state index contributed by atoms with van der Waals surface area (Å²) in [5, 5.41) is 32.1. The molecule has 1 aromatic carbocycles. The van der Waals surface area contributed by atoms with Gasteiger partial charge in [0, 0.05) is 25.0 Å². The Kier molecular flexibility index (Phi) is 11.9. The van der Waals surface area contributed by atoms with Crippen molar-refractivity contribution in [2.24, 2.45) is 0 Å². The molecule has 2 amide bonds. The minimum atomic E-state index is -4.74. The van der Waals surface area contributed by atoms with E-state index in [9.17, 15) is 33.0 Å². The van der Waals surface area contributed by atoms with Crippen LogP contribution in [0.4, 0.5) is 13.2 Å². The topological polar surface area (TPSA) is 129 Å². The number of aliphatic hydroxyl groups excluding tert-OH is 3. The fraction of sp³-hybridized carbons (Fsp3) is 0.583. The van der Waals surface area contributed by atoms with Crippen LogP contribution in [0.25, 0.3) is 0 Å². The van der Waals surface area contributed by atoms with Gasteiger partial charge in [-0.05, 0) is 52.8 Å². The molecule has 0 radical (unpaired) electrons. The van der Waals surface area contributed by atoms with E-state index in [1.807, 2.05) is 22.6 Å². The van der Waals surface area contributed by atoms with E-state index < -0.39 is 42.8 Å². The molecule has 0 heterocycles. The van der Waals surface area contributed by atoms with Crippen molar-refractivity contribution in [2.45, 2.75) is 63.6 Å². The molecule has 0 unspecified atom stereocenters. The second-order valence-electron chi connectivity index (χ2n) is 8.52. The fourth-order valence-electron chi connectivity index (χ4n) is 3.95. The molecule has 2 rings (SSSR count). The second kappa shape index (κ2) is 14.2. The Bertz CT molecular complexity index is 974. The minimum Gasteiger partial charge on any atom is -0.493 e. The van der Waals surface area contributed by atoms with Gasteiger partial charge in [-0.3, -0.25) is 9.59 Å². The predicted molar refractivity (Wildman–Crippen MR) is 136 cm³/mol. The Hall–Kier alpha value is -2.10. The van der Waals surface area contributed by atoms with Crippen molar-refractivity contribution in [3.63, 3.8) is 0 Å². The summed E-state index contributed by atoms with van der Waals surface area (Å²) in [4.78, 5) is 26.1. The third kappa shape index (κ3) is 8.72. The van der Waals surface area contributed by atoms with Gasteiger partial charge in [0.05, 0.1) is 29.9 Å². The summed E-state index contributed by atoms with van der Waals surface area (Å²) in [5.41, 5.74) is 0.526. The maximum Gasteiger partial charge on any atom is 0.406 e. The van der Waals surface area contributed by atoms with Gasteiger partial charge in [-0.15, -0.1) is 0 Å². The van der Waals surface area contributed by atoms with Crippen LogP contribution in [0.15, 0.2) is 23.8 Å². The molecule has 9 nitrogen and oxygen atoms in total. The van der Waals surface area contributed by atoms with Crippen LogP contribution in [0.1, 0.15) is 38.2 Å². The van der Waals surface area contributed by atoms with Gasteiger partial charge in [-0.2, -0.15) is 13.2 Å². The molecule has 0 spiro atoms. The van der Waals surface area contributed by atoms with Gasteiger partial charge < -0.3 is 35.0 Å². The van der Waals surface area contributed by atoms with Crippen LogP contribution in [0.2, 0.25) is 0 Å². The lowest BCUT2D eigenvalue weighted by molar-refractivity contribution is -0.172. The van der Waals surface area contributed by atoms with Crippen LogP contribution in [0.5, 0.6) is 11.5 Å². The standard InChI is InChI=1S/C24H32F3IN2O7/c1-3-4-5-20(33)30(13-24(25,26)27)17-10-15(23(35)29-6-7-31)11-18(21(17)34)37-22-16(28)8-14(12-32)9-19(22)36-2/h8-9,11,17-18,21,31-32,34H,3-7,10,12-13H2,1-2H3,(H,29,35)/t17-,18+,21+/m1/s1. The van der Waals surface area contributed by atoms with Crippen LogP contribution in [-0.2, 0) is 16.2 Å². The molecule has 1 aliphatic carbocycles. The summed E-state index contributed by atoms with van der Waals surface area (Å²) in [6.07, 6.45) is -5.91. The van der Waals surface area contributed by atoms with E-state index in [1.165, 1.54) is 19.3 Å². The number of nitrogens with zero attached hydrogens (tertiary/aromatic N) is 1. The van der Waals surface area contributed by atoms with E-state index in [4.69, 9.17) is 14.6 Å². The number of carbonyl (C=O) groups excluding carboxylic acids is 2. The highest BCUT2D eigenvalue weighted by atomic mass is 127. The van der Waals surface area contributed by atoms with Crippen molar-refractivity contribution < 1.29 is 47.6 Å². The molecule has 0 saturated carbocycles. The molecule has 0 fully saturated rings. The molecular weight excluding hydrogens is 612 g/mol. The first-order valence-electron chi connectivity index (χ1n) is 11.7. The van der Waals surface area contributed by atoms with Gasteiger partial charge in [0.25, 0.3) is 0 Å². The quantitative estimate of drug-likeness (QED) is 0.257. The van der Waals surface area contributed by atoms with Crippen molar-refractivity contribution in [3.05, 3.63) is 32.9 Å². The monoisotopic (exact) mass is 644 g/mol. The minimum absolute atomic E-state index is 0.00479. The summed E-state index contributed by atoms with van der Waals surface area (Å²) >= 11 is 1.92. The third-order valence-electron chi connectivity index (χ3n) is 5.75. The highest BCUT2D eigenvalue weighted by Gasteiger charge is 2.44. The van der Waals surface area contributed by atoms with Crippen molar-refractivity contribution in [2.75, 3.05) is 26.8 Å². The fourth-order valence-corrected chi connectivity index (χ4v) is 4.74. The Morgan fingerprint density at radius 3 is 2.54 bits per heavy atom. The molecule has 0 aliphatic heterocycles. The molecule has 1 aliphatic rings. The molecular formula is C24H32F3IN2O7. The molecule has 4 N–H and O–H groups in total. The smallest absolute Gasteiger partial charge is 0.406 e. The summed E-state index contributed by atoms with van der Waals surface area (Å²) in [6, 6.07) is 1.71. The summed E-state index contributed by atoms with van der Waals surface area (Å²) in [7, 11) is 1.36. The lowest BCUT2D eigenvalue weighted by atomic mass is 9.88. The molecule has 13 heteroatoms. The summed E-state index contributed by atoms with van der Waals surface area (Å²) in [6.45, 7) is -0.522. The number of methoxy groups -OCH3 is 1. The predicted octanol–water partition coefficient (Wildman–Crippen LogP) is 2.29. The largest absolute Gasteiger partial charge is 0.493 e. The van der Waals surface area contributed by atoms with Crippen molar-refractivity contribution in [3.8, 4) is 11.5 Å². The van der Waals surface area contributed by atoms with E-state index in [1.54, 1.807) is 13.0 Å². The Balaban J connectivity index is 2.52. The number of aliphatic hydroxyl groups is 3. The molecule has 1 aromatic rings. The zero-order valence-corrected chi connectivity index (χ0v) is 22.7. The maximum atomic E-state index is 13.5. The zero-order chi connectivity index (χ0) is 27.8. The van der Waals surface area contributed by atoms with E-state index in [-0.39, 0.29) is 49.7 Å². The van der Waals surface area contributed by atoms with Crippen LogP contribution < -0.4 is 14.8 Å². The number of halogens is 4. The number of carbonyl (C=O) groups is 2. The van der Waals surface area contributed by atoms with Gasteiger partial charge in [0.1, 0.15) is 18.8 Å². The Morgan fingerprint density at radius 2 is 1.97 bits per heavy atom. The second-order valence-corrected chi connectivity index (χ2v) is 9.69. The highest BCUT2D eigenvalue weighted by Crippen LogP contribution is 2.37. The lowest BCUT2D eigenvalue weighted by Gasteiger charge is -2.41. The molecule has 37 heavy (non-hydrogen) atoms. The molecule has 3 atom stereocenters. The Morgan fingerprint density at radius 1 is 1.27 bits per heavy atom. The molecule has 0 bridgehead atoms. The van der Waals surface area contributed by atoms with Crippen molar-refractivity contribution in [1.29, 1.82) is 0 Å². The number of hydrogen-bond acceptors (Lipinski definition) is 7. The van der Waals surface area contributed by atoms with Gasteiger partial charge >= 0.3 is 6.18 Å². The van der Waals surface area contributed by atoms with Crippen LogP contribution in [0.3, 0.4) is 0 Å². The SMILES string of the molecule is CCCCC(=O)N(CC(F)(F)F)[C@@H]1CC(C(=O)NCCO)=C[C@H](Oc2c(I)cc(CO)cc2OC)[C@H]1O. The number of alkyl halides is 3. The average molecular weight is 644 g/mol. The number of rotatable bonds is 12. The summed E-state index contributed by atoms with van der Waals surface area (Å²) < 4.78 is 52.3. The van der Waals surface area contributed by atoms with Crippen LogP contribution in [0, 0.1) is 3.57 Å². The average Bonchev–Trinajstić information content (AvgIpc) is 2.85. The highest BCUT2D eigenvalue weighted by molar-refractivity contribution is 14.1. The van der Waals surface area contributed by atoms with Crippen molar-refractivity contribution >= 4 is 34.4 Å². The number of ether oxygens (including phenoxy) is 2. The van der Waals surface area contributed by atoms with E-state index >= 15 is 0 Å². The van der Waals surface area contributed by atoms with E-state index in [0.717, 1.165) is 0 Å². The van der Waals surface area contributed by atoms with Crippen molar-refractivity contribution in [1.82, 2.24) is 10.2 Å². The third-order valence-corrected chi connectivity index (χ3v) is 6.56. The van der Waals surface area contributed by atoms with Crippen LogP contribution >= 0.6 is 22.6 Å². The molecule has 0 aromatic heterocycles. The molecule has 0 saturated heterocycles. The molecule has 208 valence electrons. The number of hydrogen-bond donors (Lipinski definition) is 4. The van der Waals surface area contributed by atoms with Gasteiger partial charge in [-0.25, -0.2) is 0 Å². The zero-order valence-electron chi connectivity index (χ0n) is 20.6. The number of nitrogens with one attached hydrogen (secondary N) is 1. The van der Waals surface area contributed by atoms with Gasteiger partial charge in [-0.1, -0.05) is 13.3 Å². The number of unbranched alkanes of at least 4 members (excludes halogenated alkanes) is 1. The van der Waals surface area contributed by atoms with Gasteiger partial charge in [0.2, 0.25) is 11.8 Å². The normalized spacial score (nSPS) is 19.7. The number of amides is 2. The maximum absolute atomic E-state index is 13.5. The lowest BCUT2D eigenvalue weighted by Crippen LogP contribution is -2.57. The van der Waals surface area contributed by atoms with Gasteiger partial charge in [0.15, 0.2) is 11.5 Å². The van der Waals surface area contributed by atoms with Crippen LogP contribution in [-0.4, -0.2) is 83.3 Å². The summed E-state index contributed by atoms with van der Waals surface area (Å²) in [5.74, 6) is -1.10.